The molecule has 1 rings (SSSR count). The predicted octanol–water partition coefficient (Wildman–Crippen LogP) is 3.65. The maximum Gasteiger partial charge on any atom is 0.123 e. The Bertz CT molecular complexity index is 281. The Hall–Kier alpha value is -0.890. The molecule has 16 heavy (non-hydrogen) atoms. The average Bonchev–Trinajstić information content (AvgIpc) is 2.31. The van der Waals surface area contributed by atoms with Crippen molar-refractivity contribution in [3.8, 4) is 0 Å². The van der Waals surface area contributed by atoms with Gasteiger partial charge < -0.3 is 0 Å². The molecule has 0 aliphatic heterocycles. The Labute approximate surface area is 98.3 Å². The van der Waals surface area contributed by atoms with Crippen molar-refractivity contribution in [1.29, 1.82) is 0 Å². The van der Waals surface area contributed by atoms with E-state index in [-0.39, 0.29) is 5.82 Å². The van der Waals surface area contributed by atoms with Crippen molar-refractivity contribution < 1.29 is 4.39 Å². The number of benzene rings is 1. The van der Waals surface area contributed by atoms with Gasteiger partial charge in [0.2, 0.25) is 0 Å². The molecule has 1 nitrogen and oxygen atoms in total. The van der Waals surface area contributed by atoms with Crippen molar-refractivity contribution in [3.05, 3.63) is 42.6 Å². The van der Waals surface area contributed by atoms with Crippen LogP contribution in [0, 0.1) is 12.7 Å². The van der Waals surface area contributed by atoms with E-state index in [1.165, 1.54) is 30.5 Å². The SMILES string of the molecule is [CH2]CCCCN(CC)Cc1ccc(F)cc1. The van der Waals surface area contributed by atoms with E-state index in [4.69, 9.17) is 0 Å². The van der Waals surface area contributed by atoms with Crippen LogP contribution >= 0.6 is 0 Å². The third-order valence-electron chi connectivity index (χ3n) is 2.74. The first kappa shape index (κ1) is 13.2. The van der Waals surface area contributed by atoms with Crippen LogP contribution in [0.5, 0.6) is 0 Å². The first-order valence-corrected chi connectivity index (χ1v) is 6.02. The molecular formula is C14H21FN. The standard InChI is InChI=1S/C14H21FN/c1-3-5-6-11-16(4-2)12-13-7-9-14(15)10-8-13/h7-10H,1,3-6,11-12H2,2H3. The molecule has 0 aromatic heterocycles. The van der Waals surface area contributed by atoms with Gasteiger partial charge in [0.05, 0.1) is 0 Å². The number of hydrogen-bond acceptors (Lipinski definition) is 1. The molecule has 0 heterocycles. The highest BCUT2D eigenvalue weighted by atomic mass is 19.1. The monoisotopic (exact) mass is 222 g/mol. The molecular weight excluding hydrogens is 201 g/mol. The summed E-state index contributed by atoms with van der Waals surface area (Å²) in [5.74, 6) is -0.163. The molecule has 1 aromatic carbocycles. The molecule has 0 saturated carbocycles. The normalized spacial score (nSPS) is 11.0. The zero-order chi connectivity index (χ0) is 11.8. The smallest absolute Gasteiger partial charge is 0.123 e. The van der Waals surface area contributed by atoms with Crippen molar-refractivity contribution in [2.75, 3.05) is 13.1 Å². The van der Waals surface area contributed by atoms with Gasteiger partial charge in [0.1, 0.15) is 5.82 Å². The summed E-state index contributed by atoms with van der Waals surface area (Å²) < 4.78 is 12.7. The number of unbranched alkanes of at least 4 members (excludes halogenated alkanes) is 2. The number of hydrogen-bond donors (Lipinski definition) is 0. The van der Waals surface area contributed by atoms with Gasteiger partial charge >= 0.3 is 0 Å². The minimum Gasteiger partial charge on any atom is -0.299 e. The fourth-order valence-corrected chi connectivity index (χ4v) is 1.71. The van der Waals surface area contributed by atoms with Crippen LogP contribution in [0.2, 0.25) is 0 Å². The Morgan fingerprint density at radius 3 is 2.44 bits per heavy atom. The second kappa shape index (κ2) is 7.39. The van der Waals surface area contributed by atoms with E-state index in [0.717, 1.165) is 26.1 Å². The molecule has 0 aliphatic carbocycles. The van der Waals surface area contributed by atoms with E-state index in [2.05, 4.69) is 18.7 Å². The van der Waals surface area contributed by atoms with Crippen molar-refractivity contribution >= 4 is 0 Å². The van der Waals surface area contributed by atoms with Crippen LogP contribution in [0.15, 0.2) is 24.3 Å². The zero-order valence-electron chi connectivity index (χ0n) is 10.1. The molecule has 0 amide bonds. The van der Waals surface area contributed by atoms with E-state index in [0.29, 0.717) is 0 Å². The van der Waals surface area contributed by atoms with E-state index < -0.39 is 0 Å². The molecule has 0 bridgehead atoms. The summed E-state index contributed by atoms with van der Waals surface area (Å²) in [6.07, 6.45) is 3.38. The zero-order valence-corrected chi connectivity index (χ0v) is 10.1. The van der Waals surface area contributed by atoms with Gasteiger partial charge in [-0.05, 0) is 37.2 Å². The minimum absolute atomic E-state index is 0.163. The molecule has 0 aliphatic rings. The molecule has 2 heteroatoms. The summed E-state index contributed by atoms with van der Waals surface area (Å²) in [5, 5.41) is 0. The molecule has 0 unspecified atom stereocenters. The average molecular weight is 222 g/mol. The lowest BCUT2D eigenvalue weighted by molar-refractivity contribution is 0.274. The number of nitrogens with zero attached hydrogens (tertiary/aromatic N) is 1. The summed E-state index contributed by atoms with van der Waals surface area (Å²) in [6, 6.07) is 6.77. The summed E-state index contributed by atoms with van der Waals surface area (Å²) in [5.41, 5.74) is 1.18. The Kier molecular flexibility index (Phi) is 6.09. The van der Waals surface area contributed by atoms with Gasteiger partial charge in [-0.3, -0.25) is 4.90 Å². The highest BCUT2D eigenvalue weighted by Gasteiger charge is 2.03. The quantitative estimate of drug-likeness (QED) is 0.636. The Morgan fingerprint density at radius 1 is 1.19 bits per heavy atom. The summed E-state index contributed by atoms with van der Waals surface area (Å²) in [7, 11) is 0. The highest BCUT2D eigenvalue weighted by Crippen LogP contribution is 2.07. The van der Waals surface area contributed by atoms with Gasteiger partial charge in [-0.2, -0.15) is 0 Å². The van der Waals surface area contributed by atoms with Gasteiger partial charge in [-0.1, -0.05) is 38.8 Å². The van der Waals surface area contributed by atoms with E-state index in [9.17, 15) is 4.39 Å². The van der Waals surface area contributed by atoms with Gasteiger partial charge in [-0.15, -0.1) is 0 Å². The second-order valence-electron chi connectivity index (χ2n) is 4.06. The lowest BCUT2D eigenvalue weighted by Gasteiger charge is -2.20. The van der Waals surface area contributed by atoms with Crippen LogP contribution in [0.25, 0.3) is 0 Å². The summed E-state index contributed by atoms with van der Waals surface area (Å²) in [4.78, 5) is 2.38. The molecule has 89 valence electrons. The van der Waals surface area contributed by atoms with Gasteiger partial charge in [-0.25, -0.2) is 4.39 Å². The second-order valence-corrected chi connectivity index (χ2v) is 4.06. The van der Waals surface area contributed by atoms with Crippen molar-refractivity contribution in [3.63, 3.8) is 0 Å². The Balaban J connectivity index is 2.40. The fraction of sp³-hybridized carbons (Fsp3) is 0.500. The molecule has 1 radical (unpaired) electrons. The largest absolute Gasteiger partial charge is 0.299 e. The molecule has 0 N–H and O–H groups in total. The van der Waals surface area contributed by atoms with Crippen LogP contribution in [-0.4, -0.2) is 18.0 Å². The summed E-state index contributed by atoms with van der Waals surface area (Å²) in [6.45, 7) is 9.05. The topological polar surface area (TPSA) is 3.24 Å². The Morgan fingerprint density at radius 2 is 1.88 bits per heavy atom. The van der Waals surface area contributed by atoms with Crippen molar-refractivity contribution in [2.24, 2.45) is 0 Å². The highest BCUT2D eigenvalue weighted by molar-refractivity contribution is 5.15. The van der Waals surface area contributed by atoms with E-state index in [1.807, 2.05) is 12.1 Å². The van der Waals surface area contributed by atoms with Gasteiger partial charge in [0, 0.05) is 6.54 Å². The van der Waals surface area contributed by atoms with E-state index in [1.54, 1.807) is 0 Å². The molecule has 0 spiro atoms. The first-order valence-electron chi connectivity index (χ1n) is 6.02. The maximum absolute atomic E-state index is 12.7. The lowest BCUT2D eigenvalue weighted by Crippen LogP contribution is -2.23. The minimum atomic E-state index is -0.163. The van der Waals surface area contributed by atoms with Crippen LogP contribution in [0.4, 0.5) is 4.39 Å². The van der Waals surface area contributed by atoms with Crippen molar-refractivity contribution in [1.82, 2.24) is 4.90 Å². The van der Waals surface area contributed by atoms with E-state index >= 15 is 0 Å². The third kappa shape index (κ3) is 4.75. The predicted molar refractivity (Wildman–Crippen MR) is 66.6 cm³/mol. The maximum atomic E-state index is 12.7. The van der Waals surface area contributed by atoms with Gasteiger partial charge in [0.25, 0.3) is 0 Å². The third-order valence-corrected chi connectivity index (χ3v) is 2.74. The van der Waals surface area contributed by atoms with Crippen molar-refractivity contribution in [2.45, 2.75) is 32.7 Å². The number of halogens is 1. The fourth-order valence-electron chi connectivity index (χ4n) is 1.71. The summed E-state index contributed by atoms with van der Waals surface area (Å²) >= 11 is 0. The molecule has 0 fully saturated rings. The lowest BCUT2D eigenvalue weighted by atomic mass is 10.2. The van der Waals surface area contributed by atoms with Crippen LogP contribution in [0.3, 0.4) is 0 Å². The van der Waals surface area contributed by atoms with Crippen LogP contribution in [0.1, 0.15) is 31.7 Å². The first-order chi connectivity index (χ1) is 7.76. The molecule has 0 atom stereocenters. The molecule has 1 aromatic rings. The van der Waals surface area contributed by atoms with Crippen LogP contribution in [-0.2, 0) is 6.54 Å². The van der Waals surface area contributed by atoms with Crippen LogP contribution < -0.4 is 0 Å². The number of rotatable bonds is 7. The molecule has 0 saturated heterocycles. The van der Waals surface area contributed by atoms with Gasteiger partial charge in [0.15, 0.2) is 0 Å².